The van der Waals surface area contributed by atoms with Gasteiger partial charge in [-0.2, -0.15) is 4.98 Å². The van der Waals surface area contributed by atoms with Crippen molar-refractivity contribution >= 4 is 33.3 Å². The van der Waals surface area contributed by atoms with Crippen molar-refractivity contribution < 1.29 is 0 Å². The van der Waals surface area contributed by atoms with Crippen LogP contribution in [0.5, 0.6) is 0 Å². The van der Waals surface area contributed by atoms with Crippen LogP contribution in [0.1, 0.15) is 31.6 Å². The quantitative estimate of drug-likeness (QED) is 0.910. The molecule has 1 fully saturated rings. The predicted octanol–water partition coefficient (Wildman–Crippen LogP) is 3.28. The van der Waals surface area contributed by atoms with Gasteiger partial charge in [-0.25, -0.2) is 4.98 Å². The summed E-state index contributed by atoms with van der Waals surface area (Å²) in [5.41, 5.74) is 0. The van der Waals surface area contributed by atoms with Crippen LogP contribution in [0.4, 0.5) is 11.8 Å². The van der Waals surface area contributed by atoms with Crippen LogP contribution < -0.4 is 10.2 Å². The average Bonchev–Trinajstić information content (AvgIpc) is 3.17. The summed E-state index contributed by atoms with van der Waals surface area (Å²) in [6.07, 6.45) is 3.64. The lowest BCUT2D eigenvalue weighted by atomic mass is 10.3. The number of anilines is 2. The molecule has 1 saturated carbocycles. The van der Waals surface area contributed by atoms with Crippen molar-refractivity contribution in [2.24, 2.45) is 0 Å². The fourth-order valence-electron chi connectivity index (χ4n) is 2.43. The van der Waals surface area contributed by atoms with Crippen molar-refractivity contribution in [1.82, 2.24) is 9.97 Å². The summed E-state index contributed by atoms with van der Waals surface area (Å²) in [6, 6.07) is 2.94. The van der Waals surface area contributed by atoms with E-state index in [1.165, 1.54) is 23.1 Å². The van der Waals surface area contributed by atoms with Gasteiger partial charge >= 0.3 is 0 Å². The molecule has 0 bridgehead atoms. The van der Waals surface area contributed by atoms with Crippen LogP contribution >= 0.6 is 11.3 Å². The van der Waals surface area contributed by atoms with Crippen LogP contribution in [-0.4, -0.2) is 29.6 Å². The molecule has 0 atom stereocenters. The van der Waals surface area contributed by atoms with E-state index in [0.717, 1.165) is 29.6 Å². The molecule has 0 aliphatic heterocycles. The summed E-state index contributed by atoms with van der Waals surface area (Å²) in [7, 11) is 1.88. The van der Waals surface area contributed by atoms with Gasteiger partial charge < -0.3 is 10.2 Å². The lowest BCUT2D eigenvalue weighted by Gasteiger charge is -2.22. The molecule has 0 unspecified atom stereocenters. The van der Waals surface area contributed by atoms with Gasteiger partial charge in [-0.1, -0.05) is 6.92 Å². The molecule has 2 aromatic rings. The van der Waals surface area contributed by atoms with Crippen molar-refractivity contribution in [2.45, 2.75) is 39.2 Å². The summed E-state index contributed by atoms with van der Waals surface area (Å²) in [5, 5.41) is 4.30. The summed E-state index contributed by atoms with van der Waals surface area (Å²) < 4.78 is 0. The number of hydrogen-bond donors (Lipinski definition) is 1. The SMILES string of the molecule is CCc1cc2c(N(CC)C3CC3)nc(NC)nc2s1. The Morgan fingerprint density at radius 2 is 2.16 bits per heavy atom. The van der Waals surface area contributed by atoms with Crippen LogP contribution in [0.25, 0.3) is 10.2 Å². The summed E-state index contributed by atoms with van der Waals surface area (Å²) in [4.78, 5) is 14.2. The molecular formula is C14H20N4S. The molecule has 5 heteroatoms. The molecule has 1 aliphatic rings. The van der Waals surface area contributed by atoms with Gasteiger partial charge in [0.1, 0.15) is 10.6 Å². The largest absolute Gasteiger partial charge is 0.357 e. The van der Waals surface area contributed by atoms with Crippen LogP contribution in [0, 0.1) is 0 Å². The van der Waals surface area contributed by atoms with Gasteiger partial charge in [-0.3, -0.25) is 0 Å². The van der Waals surface area contributed by atoms with Gasteiger partial charge in [0.2, 0.25) is 5.95 Å². The second kappa shape index (κ2) is 4.96. The minimum absolute atomic E-state index is 0.679. The second-order valence-corrected chi connectivity index (χ2v) is 6.04. The van der Waals surface area contributed by atoms with Crippen molar-refractivity contribution in [3.05, 3.63) is 10.9 Å². The van der Waals surface area contributed by atoms with Crippen LogP contribution in [0.2, 0.25) is 0 Å². The monoisotopic (exact) mass is 276 g/mol. The number of nitrogens with one attached hydrogen (secondary N) is 1. The van der Waals surface area contributed by atoms with E-state index in [1.807, 2.05) is 7.05 Å². The van der Waals surface area contributed by atoms with E-state index >= 15 is 0 Å². The molecule has 0 aromatic carbocycles. The Labute approximate surface area is 117 Å². The Morgan fingerprint density at radius 1 is 1.37 bits per heavy atom. The lowest BCUT2D eigenvalue weighted by Crippen LogP contribution is -2.26. The normalized spacial score (nSPS) is 14.9. The van der Waals surface area contributed by atoms with Gasteiger partial charge in [0.05, 0.1) is 5.39 Å². The van der Waals surface area contributed by atoms with E-state index in [1.54, 1.807) is 11.3 Å². The molecule has 102 valence electrons. The highest BCUT2D eigenvalue weighted by atomic mass is 32.1. The minimum Gasteiger partial charge on any atom is -0.357 e. The number of aromatic nitrogens is 2. The first kappa shape index (κ1) is 12.7. The zero-order valence-electron chi connectivity index (χ0n) is 11.7. The molecule has 2 heterocycles. The molecule has 2 aromatic heterocycles. The average molecular weight is 276 g/mol. The maximum atomic E-state index is 4.71. The van der Waals surface area contributed by atoms with Crippen molar-refractivity contribution in [3.63, 3.8) is 0 Å². The smallest absolute Gasteiger partial charge is 0.225 e. The Hall–Kier alpha value is -1.36. The molecule has 0 saturated heterocycles. The summed E-state index contributed by atoms with van der Waals surface area (Å²) in [5.74, 6) is 1.83. The molecular weight excluding hydrogens is 256 g/mol. The maximum Gasteiger partial charge on any atom is 0.225 e. The van der Waals surface area contributed by atoms with Gasteiger partial charge in [-0.15, -0.1) is 11.3 Å². The van der Waals surface area contributed by atoms with E-state index in [4.69, 9.17) is 4.98 Å². The van der Waals surface area contributed by atoms with Crippen LogP contribution in [0.3, 0.4) is 0 Å². The highest BCUT2D eigenvalue weighted by Gasteiger charge is 2.30. The molecule has 4 nitrogen and oxygen atoms in total. The van der Waals surface area contributed by atoms with E-state index in [9.17, 15) is 0 Å². The maximum absolute atomic E-state index is 4.71. The van der Waals surface area contributed by atoms with Crippen molar-refractivity contribution in [1.29, 1.82) is 0 Å². The summed E-state index contributed by atoms with van der Waals surface area (Å²) in [6.45, 7) is 5.41. The minimum atomic E-state index is 0.679. The first-order valence-corrected chi connectivity index (χ1v) is 7.83. The third-order valence-electron chi connectivity index (χ3n) is 3.60. The zero-order valence-corrected chi connectivity index (χ0v) is 12.5. The Bertz CT molecular complexity index is 588. The number of rotatable bonds is 5. The Morgan fingerprint density at radius 3 is 2.74 bits per heavy atom. The standard InChI is InChI=1S/C14H20N4S/c1-4-10-8-11-12(18(5-2)9-6-7-9)16-14(15-3)17-13(11)19-10/h8-9H,4-7H2,1-3H3,(H,15,16,17). The van der Waals surface area contributed by atoms with E-state index in [2.05, 4.69) is 35.1 Å². The molecule has 0 amide bonds. The zero-order chi connectivity index (χ0) is 13.4. The molecule has 1 N–H and O–H groups in total. The Balaban J connectivity index is 2.16. The third kappa shape index (κ3) is 2.27. The third-order valence-corrected chi connectivity index (χ3v) is 4.77. The first-order valence-electron chi connectivity index (χ1n) is 7.01. The molecule has 19 heavy (non-hydrogen) atoms. The lowest BCUT2D eigenvalue weighted by molar-refractivity contribution is 0.812. The van der Waals surface area contributed by atoms with E-state index < -0.39 is 0 Å². The van der Waals surface area contributed by atoms with Crippen LogP contribution in [-0.2, 0) is 6.42 Å². The molecule has 3 rings (SSSR count). The fourth-order valence-corrected chi connectivity index (χ4v) is 3.39. The van der Waals surface area contributed by atoms with Crippen molar-refractivity contribution in [2.75, 3.05) is 23.8 Å². The number of fused-ring (bicyclic) bond motifs is 1. The molecule has 1 aliphatic carbocycles. The first-order chi connectivity index (χ1) is 9.26. The molecule has 0 spiro atoms. The highest BCUT2D eigenvalue weighted by Crippen LogP contribution is 2.37. The summed E-state index contributed by atoms with van der Waals surface area (Å²) >= 11 is 1.78. The second-order valence-electron chi connectivity index (χ2n) is 4.92. The van der Waals surface area contributed by atoms with E-state index in [0.29, 0.717) is 6.04 Å². The van der Waals surface area contributed by atoms with Gasteiger partial charge in [0.25, 0.3) is 0 Å². The number of hydrogen-bond acceptors (Lipinski definition) is 5. The van der Waals surface area contributed by atoms with Gasteiger partial charge in [0, 0.05) is 24.5 Å². The Kier molecular flexibility index (Phi) is 3.31. The fraction of sp³-hybridized carbons (Fsp3) is 0.571. The van der Waals surface area contributed by atoms with Gasteiger partial charge in [-0.05, 0) is 32.3 Å². The van der Waals surface area contributed by atoms with E-state index in [-0.39, 0.29) is 0 Å². The topological polar surface area (TPSA) is 41.1 Å². The number of aryl methyl sites for hydroxylation is 1. The van der Waals surface area contributed by atoms with Crippen molar-refractivity contribution in [3.8, 4) is 0 Å². The van der Waals surface area contributed by atoms with Crippen LogP contribution in [0.15, 0.2) is 6.07 Å². The van der Waals surface area contributed by atoms with Gasteiger partial charge in [0.15, 0.2) is 0 Å². The highest BCUT2D eigenvalue weighted by molar-refractivity contribution is 7.18. The predicted molar refractivity (Wildman–Crippen MR) is 82.4 cm³/mol. The molecule has 0 radical (unpaired) electrons. The number of thiophene rings is 1. The number of nitrogens with zero attached hydrogens (tertiary/aromatic N) is 3.